The van der Waals surface area contributed by atoms with Gasteiger partial charge in [-0.15, -0.1) is 24.0 Å². The standard InChI is InChI=1S/C17H33N5.HI/c1-3-20-11-13-21(14-12-20)10-8-19-16(18-2)22-9-7-17(15-22)5-4-6-17;/h3-15H2,1-2H3,(H,18,19);1H. The van der Waals surface area contributed by atoms with E-state index in [-0.39, 0.29) is 24.0 Å². The van der Waals surface area contributed by atoms with Crippen LogP contribution >= 0.6 is 24.0 Å². The summed E-state index contributed by atoms with van der Waals surface area (Å²) in [4.78, 5) is 12.1. The lowest BCUT2D eigenvalue weighted by atomic mass is 9.68. The SMILES string of the molecule is CCN1CCN(CCNC(=NC)N2CCC3(CCC3)C2)CC1.I. The van der Waals surface area contributed by atoms with Crippen LogP contribution in [0.1, 0.15) is 32.6 Å². The second-order valence-corrected chi connectivity index (χ2v) is 7.28. The molecule has 0 atom stereocenters. The highest BCUT2D eigenvalue weighted by atomic mass is 127. The highest BCUT2D eigenvalue weighted by molar-refractivity contribution is 14.0. The van der Waals surface area contributed by atoms with Gasteiger partial charge in [0, 0.05) is 59.4 Å². The fourth-order valence-electron chi connectivity index (χ4n) is 4.19. The molecular weight excluding hydrogens is 401 g/mol. The summed E-state index contributed by atoms with van der Waals surface area (Å²) in [5.74, 6) is 1.12. The Morgan fingerprint density at radius 2 is 1.74 bits per heavy atom. The van der Waals surface area contributed by atoms with Crippen molar-refractivity contribution in [2.24, 2.45) is 10.4 Å². The fraction of sp³-hybridized carbons (Fsp3) is 0.941. The van der Waals surface area contributed by atoms with Crippen molar-refractivity contribution >= 4 is 29.9 Å². The summed E-state index contributed by atoms with van der Waals surface area (Å²) >= 11 is 0. The number of guanidine groups is 1. The topological polar surface area (TPSA) is 34.1 Å². The number of nitrogens with one attached hydrogen (secondary N) is 1. The van der Waals surface area contributed by atoms with Gasteiger partial charge in [0.1, 0.15) is 0 Å². The first-order chi connectivity index (χ1) is 10.7. The minimum absolute atomic E-state index is 0. The van der Waals surface area contributed by atoms with Crippen LogP contribution in [0.15, 0.2) is 4.99 Å². The van der Waals surface area contributed by atoms with Gasteiger partial charge in [0.15, 0.2) is 5.96 Å². The second kappa shape index (κ2) is 8.85. The number of hydrogen-bond donors (Lipinski definition) is 1. The normalized spacial score (nSPS) is 25.3. The van der Waals surface area contributed by atoms with Crippen LogP contribution in [-0.2, 0) is 0 Å². The van der Waals surface area contributed by atoms with E-state index in [1.165, 1.54) is 71.5 Å². The van der Waals surface area contributed by atoms with Crippen molar-refractivity contribution in [1.29, 1.82) is 0 Å². The Bertz CT molecular complexity index is 388. The van der Waals surface area contributed by atoms with Gasteiger partial charge in [-0.3, -0.25) is 9.89 Å². The lowest BCUT2D eigenvalue weighted by Crippen LogP contribution is -2.49. The number of hydrogen-bond acceptors (Lipinski definition) is 3. The highest BCUT2D eigenvalue weighted by Gasteiger charge is 2.43. The zero-order valence-electron chi connectivity index (χ0n) is 14.9. The number of halogens is 1. The van der Waals surface area contributed by atoms with Gasteiger partial charge in [0.2, 0.25) is 0 Å². The molecule has 0 aromatic heterocycles. The number of aliphatic imine (C=N–C) groups is 1. The molecule has 23 heavy (non-hydrogen) atoms. The Morgan fingerprint density at radius 3 is 2.26 bits per heavy atom. The molecule has 3 aliphatic rings. The van der Waals surface area contributed by atoms with E-state index in [0.717, 1.165) is 19.0 Å². The van der Waals surface area contributed by atoms with E-state index in [1.54, 1.807) is 0 Å². The van der Waals surface area contributed by atoms with Crippen LogP contribution in [0.2, 0.25) is 0 Å². The predicted octanol–water partition coefficient (Wildman–Crippen LogP) is 1.69. The van der Waals surface area contributed by atoms with E-state index in [0.29, 0.717) is 5.41 Å². The smallest absolute Gasteiger partial charge is 0.193 e. The fourth-order valence-corrected chi connectivity index (χ4v) is 4.19. The largest absolute Gasteiger partial charge is 0.355 e. The van der Waals surface area contributed by atoms with E-state index in [2.05, 4.69) is 31.9 Å². The molecule has 2 heterocycles. The predicted molar refractivity (Wildman–Crippen MR) is 108 cm³/mol. The zero-order chi connectivity index (χ0) is 15.4. The van der Waals surface area contributed by atoms with Crippen molar-refractivity contribution in [2.45, 2.75) is 32.6 Å². The van der Waals surface area contributed by atoms with Crippen LogP contribution in [-0.4, -0.2) is 86.6 Å². The molecule has 3 fully saturated rings. The Kier molecular flexibility index (Phi) is 7.41. The number of likely N-dealkylation sites (N-methyl/N-ethyl adjacent to an activating group) is 1. The zero-order valence-corrected chi connectivity index (χ0v) is 17.2. The van der Waals surface area contributed by atoms with Crippen LogP contribution < -0.4 is 5.32 Å². The number of nitrogens with zero attached hydrogens (tertiary/aromatic N) is 4. The first kappa shape index (κ1) is 19.2. The summed E-state index contributed by atoms with van der Waals surface area (Å²) < 4.78 is 0. The monoisotopic (exact) mass is 435 g/mol. The molecule has 5 nitrogen and oxygen atoms in total. The van der Waals surface area contributed by atoms with Crippen LogP contribution in [0.25, 0.3) is 0 Å². The van der Waals surface area contributed by atoms with Crippen LogP contribution in [0.5, 0.6) is 0 Å². The minimum Gasteiger partial charge on any atom is -0.355 e. The molecule has 2 aliphatic heterocycles. The molecule has 0 unspecified atom stereocenters. The summed E-state index contributed by atoms with van der Waals surface area (Å²) in [5.41, 5.74) is 0.647. The first-order valence-electron chi connectivity index (χ1n) is 9.15. The van der Waals surface area contributed by atoms with Crippen LogP contribution in [0.3, 0.4) is 0 Å². The lowest BCUT2D eigenvalue weighted by molar-refractivity contribution is 0.138. The van der Waals surface area contributed by atoms with Crippen molar-refractivity contribution < 1.29 is 0 Å². The van der Waals surface area contributed by atoms with Crippen molar-refractivity contribution in [3.8, 4) is 0 Å². The maximum absolute atomic E-state index is 4.51. The van der Waals surface area contributed by atoms with Crippen LogP contribution in [0.4, 0.5) is 0 Å². The van der Waals surface area contributed by atoms with E-state index in [4.69, 9.17) is 0 Å². The van der Waals surface area contributed by atoms with Crippen molar-refractivity contribution in [3.63, 3.8) is 0 Å². The molecule has 134 valence electrons. The number of piperazine rings is 1. The third-order valence-electron chi connectivity index (χ3n) is 5.99. The first-order valence-corrected chi connectivity index (χ1v) is 9.15. The van der Waals surface area contributed by atoms with E-state index < -0.39 is 0 Å². The van der Waals surface area contributed by atoms with Gasteiger partial charge in [-0.2, -0.15) is 0 Å². The summed E-state index contributed by atoms with van der Waals surface area (Å²) in [7, 11) is 1.92. The maximum atomic E-state index is 4.51. The van der Waals surface area contributed by atoms with Crippen LogP contribution in [0, 0.1) is 5.41 Å². The summed E-state index contributed by atoms with van der Waals surface area (Å²) in [6.45, 7) is 12.9. The molecule has 0 aromatic carbocycles. The van der Waals surface area contributed by atoms with Crippen molar-refractivity contribution in [3.05, 3.63) is 0 Å². The van der Waals surface area contributed by atoms with Gasteiger partial charge >= 0.3 is 0 Å². The molecule has 3 rings (SSSR count). The molecule has 2 saturated heterocycles. The maximum Gasteiger partial charge on any atom is 0.193 e. The molecule has 0 bridgehead atoms. The minimum atomic E-state index is 0. The number of rotatable bonds is 4. The van der Waals surface area contributed by atoms with E-state index >= 15 is 0 Å². The molecule has 0 radical (unpaired) electrons. The summed E-state index contributed by atoms with van der Waals surface area (Å²) in [6.07, 6.45) is 5.67. The van der Waals surface area contributed by atoms with Gasteiger partial charge in [0.05, 0.1) is 0 Å². The molecule has 0 amide bonds. The Morgan fingerprint density at radius 1 is 1.04 bits per heavy atom. The van der Waals surface area contributed by atoms with E-state index in [9.17, 15) is 0 Å². The Labute approximate surface area is 158 Å². The third-order valence-corrected chi connectivity index (χ3v) is 5.99. The molecule has 1 N–H and O–H groups in total. The molecule has 6 heteroatoms. The molecule has 1 spiro atoms. The Balaban J connectivity index is 0.00000192. The Hall–Kier alpha value is -0.0800. The highest BCUT2D eigenvalue weighted by Crippen LogP contribution is 2.47. The van der Waals surface area contributed by atoms with Gasteiger partial charge in [-0.1, -0.05) is 13.3 Å². The molecular formula is C17H34IN5. The van der Waals surface area contributed by atoms with E-state index in [1.807, 2.05) is 7.05 Å². The van der Waals surface area contributed by atoms with Gasteiger partial charge in [-0.05, 0) is 31.2 Å². The second-order valence-electron chi connectivity index (χ2n) is 7.28. The van der Waals surface area contributed by atoms with Gasteiger partial charge in [0.25, 0.3) is 0 Å². The lowest BCUT2D eigenvalue weighted by Gasteiger charge is -2.38. The quantitative estimate of drug-likeness (QED) is 0.414. The van der Waals surface area contributed by atoms with Gasteiger partial charge in [-0.25, -0.2) is 0 Å². The van der Waals surface area contributed by atoms with Crippen molar-refractivity contribution in [1.82, 2.24) is 20.0 Å². The third kappa shape index (κ3) is 4.72. The molecule has 0 aromatic rings. The molecule has 1 saturated carbocycles. The summed E-state index contributed by atoms with van der Waals surface area (Å²) in [6, 6.07) is 0. The molecule has 1 aliphatic carbocycles. The number of likely N-dealkylation sites (tertiary alicyclic amines) is 1. The average Bonchev–Trinajstić information content (AvgIpc) is 2.98. The summed E-state index contributed by atoms with van der Waals surface area (Å²) in [5, 5.41) is 3.59. The van der Waals surface area contributed by atoms with Crippen molar-refractivity contribution in [2.75, 3.05) is 66.0 Å². The average molecular weight is 435 g/mol. The van der Waals surface area contributed by atoms with Gasteiger partial charge < -0.3 is 15.1 Å².